The number of thiophene rings is 1. The maximum absolute atomic E-state index is 12.9. The summed E-state index contributed by atoms with van der Waals surface area (Å²) < 4.78 is 28.7. The SMILES string of the molecule is O=C(NCC(c1cccs1)N1CCCC1)C1CCN(C2=NS(=O)(=O)c3ccccc32)CC1. The molecule has 1 aromatic heterocycles. The van der Waals surface area contributed by atoms with Crippen LogP contribution in [0.5, 0.6) is 0 Å². The van der Waals surface area contributed by atoms with Gasteiger partial charge in [-0.2, -0.15) is 8.42 Å². The van der Waals surface area contributed by atoms with Gasteiger partial charge in [0.05, 0.1) is 6.04 Å². The Hall–Kier alpha value is -2.23. The van der Waals surface area contributed by atoms with Crippen molar-refractivity contribution < 1.29 is 13.2 Å². The predicted molar refractivity (Wildman–Crippen MR) is 125 cm³/mol. The van der Waals surface area contributed by atoms with Gasteiger partial charge < -0.3 is 10.2 Å². The zero-order chi connectivity index (χ0) is 22.1. The Morgan fingerprint density at radius 2 is 1.84 bits per heavy atom. The number of benzene rings is 1. The first-order chi connectivity index (χ1) is 15.5. The first-order valence-corrected chi connectivity index (χ1v) is 13.6. The lowest BCUT2D eigenvalue weighted by Gasteiger charge is -2.33. The number of carbonyl (C=O) groups is 1. The minimum Gasteiger partial charge on any atom is -0.355 e. The van der Waals surface area contributed by atoms with Gasteiger partial charge in [-0.05, 0) is 62.4 Å². The summed E-state index contributed by atoms with van der Waals surface area (Å²) in [7, 11) is -3.62. The van der Waals surface area contributed by atoms with E-state index in [4.69, 9.17) is 0 Å². The normalized spacial score (nSPS) is 21.9. The molecular weight excluding hydrogens is 444 g/mol. The summed E-state index contributed by atoms with van der Waals surface area (Å²) in [5.41, 5.74) is 0.666. The zero-order valence-corrected chi connectivity index (χ0v) is 19.6. The zero-order valence-electron chi connectivity index (χ0n) is 17.9. The molecule has 0 bridgehead atoms. The Labute approximate surface area is 193 Å². The van der Waals surface area contributed by atoms with E-state index in [2.05, 4.69) is 32.1 Å². The average Bonchev–Trinajstić information content (AvgIpc) is 3.56. The van der Waals surface area contributed by atoms with Crippen molar-refractivity contribution in [2.45, 2.75) is 36.6 Å². The minimum atomic E-state index is -3.62. The van der Waals surface area contributed by atoms with Crippen molar-refractivity contribution in [2.24, 2.45) is 10.3 Å². The van der Waals surface area contributed by atoms with Crippen LogP contribution in [0.1, 0.15) is 42.2 Å². The summed E-state index contributed by atoms with van der Waals surface area (Å²) in [6, 6.07) is 11.4. The molecule has 170 valence electrons. The topological polar surface area (TPSA) is 82.1 Å². The lowest BCUT2D eigenvalue weighted by Crippen LogP contribution is -2.44. The first kappa shape index (κ1) is 21.6. The van der Waals surface area contributed by atoms with Crippen LogP contribution in [0.4, 0.5) is 0 Å². The predicted octanol–water partition coefficient (Wildman–Crippen LogP) is 2.86. The number of likely N-dealkylation sites (tertiary alicyclic amines) is 2. The van der Waals surface area contributed by atoms with Crippen LogP contribution in [0, 0.1) is 5.92 Å². The molecule has 5 rings (SSSR count). The summed E-state index contributed by atoms with van der Waals surface area (Å²) in [6.07, 6.45) is 3.83. The standard InChI is InChI=1S/C23H28N4O3S2/c28-23(24-16-19(20-7-5-15-31-20)26-11-3-4-12-26)17-9-13-27(14-10-17)22-18-6-1-2-8-21(18)32(29,30)25-22/h1-2,5-8,15,17,19H,3-4,9-14,16H2,(H,24,28). The van der Waals surface area contributed by atoms with Crippen LogP contribution in [-0.2, 0) is 14.8 Å². The second kappa shape index (κ2) is 8.96. The number of fused-ring (bicyclic) bond motifs is 1. The van der Waals surface area contributed by atoms with Crippen molar-refractivity contribution in [1.82, 2.24) is 15.1 Å². The Balaban J connectivity index is 1.19. The molecule has 0 saturated carbocycles. The van der Waals surface area contributed by atoms with Crippen LogP contribution >= 0.6 is 11.3 Å². The van der Waals surface area contributed by atoms with E-state index in [-0.39, 0.29) is 22.8 Å². The van der Waals surface area contributed by atoms with Gasteiger partial charge in [0.2, 0.25) is 5.91 Å². The van der Waals surface area contributed by atoms with Crippen molar-refractivity contribution in [2.75, 3.05) is 32.7 Å². The number of hydrogen-bond donors (Lipinski definition) is 1. The van der Waals surface area contributed by atoms with Gasteiger partial charge in [-0.3, -0.25) is 9.69 Å². The molecule has 0 spiro atoms. The fourth-order valence-corrected chi connectivity index (χ4v) is 7.04. The molecular formula is C23H28N4O3S2. The quantitative estimate of drug-likeness (QED) is 0.724. The van der Waals surface area contributed by atoms with Crippen LogP contribution in [-0.4, -0.2) is 62.7 Å². The molecule has 3 aliphatic rings. The van der Waals surface area contributed by atoms with E-state index in [0.717, 1.165) is 13.1 Å². The number of nitrogens with one attached hydrogen (secondary N) is 1. The molecule has 0 radical (unpaired) electrons. The number of amides is 1. The van der Waals surface area contributed by atoms with E-state index in [9.17, 15) is 13.2 Å². The maximum Gasteiger partial charge on any atom is 0.285 e. The Kier molecular flexibility index (Phi) is 6.05. The van der Waals surface area contributed by atoms with E-state index < -0.39 is 10.0 Å². The average molecular weight is 473 g/mol. The third-order valence-corrected chi connectivity index (χ3v) is 9.00. The van der Waals surface area contributed by atoms with Crippen LogP contribution in [0.25, 0.3) is 0 Å². The molecule has 1 unspecified atom stereocenters. The van der Waals surface area contributed by atoms with E-state index >= 15 is 0 Å². The number of amidine groups is 1. The molecule has 2 saturated heterocycles. The fourth-order valence-electron chi connectivity index (χ4n) is 4.96. The third-order valence-electron chi connectivity index (χ3n) is 6.70. The van der Waals surface area contributed by atoms with Crippen molar-refractivity contribution in [3.8, 4) is 0 Å². The summed E-state index contributed by atoms with van der Waals surface area (Å²) in [5, 5.41) is 5.31. The van der Waals surface area contributed by atoms with Crippen LogP contribution in [0.2, 0.25) is 0 Å². The van der Waals surface area contributed by atoms with E-state index in [1.54, 1.807) is 29.5 Å². The van der Waals surface area contributed by atoms with Gasteiger partial charge in [0.15, 0.2) is 5.84 Å². The van der Waals surface area contributed by atoms with Gasteiger partial charge in [-0.1, -0.05) is 18.2 Å². The van der Waals surface area contributed by atoms with Crippen LogP contribution < -0.4 is 5.32 Å². The molecule has 7 nitrogen and oxygen atoms in total. The molecule has 9 heteroatoms. The number of nitrogens with zero attached hydrogens (tertiary/aromatic N) is 3. The second-order valence-electron chi connectivity index (χ2n) is 8.67. The van der Waals surface area contributed by atoms with Crippen LogP contribution in [0.15, 0.2) is 51.1 Å². The molecule has 1 atom stereocenters. The molecule has 4 heterocycles. The van der Waals surface area contributed by atoms with E-state index in [1.807, 2.05) is 11.0 Å². The Morgan fingerprint density at radius 3 is 2.56 bits per heavy atom. The second-order valence-corrected chi connectivity index (χ2v) is 11.2. The molecule has 32 heavy (non-hydrogen) atoms. The first-order valence-electron chi connectivity index (χ1n) is 11.3. The summed E-state index contributed by atoms with van der Waals surface area (Å²) >= 11 is 1.75. The molecule has 0 aliphatic carbocycles. The number of hydrogen-bond acceptors (Lipinski definition) is 6. The van der Waals surface area contributed by atoms with Gasteiger partial charge in [-0.15, -0.1) is 15.7 Å². The highest BCUT2D eigenvalue weighted by Crippen LogP contribution is 2.30. The summed E-state index contributed by atoms with van der Waals surface area (Å²) in [5.74, 6) is 0.570. The van der Waals surface area contributed by atoms with Gasteiger partial charge >= 0.3 is 0 Å². The molecule has 1 amide bonds. The molecule has 1 N–H and O–H groups in total. The lowest BCUT2D eigenvalue weighted by atomic mass is 9.95. The largest absolute Gasteiger partial charge is 0.355 e. The van der Waals surface area contributed by atoms with Gasteiger partial charge in [0.1, 0.15) is 4.90 Å². The van der Waals surface area contributed by atoms with Gasteiger partial charge in [0.25, 0.3) is 10.0 Å². The van der Waals surface area contributed by atoms with Crippen molar-refractivity contribution >= 4 is 33.1 Å². The Morgan fingerprint density at radius 1 is 1.09 bits per heavy atom. The fraction of sp³-hybridized carbons (Fsp3) is 0.478. The molecule has 2 aromatic rings. The maximum atomic E-state index is 12.9. The Bertz CT molecular complexity index is 1100. The summed E-state index contributed by atoms with van der Waals surface area (Å²) in [4.78, 5) is 19.0. The number of rotatable bonds is 5. The third kappa shape index (κ3) is 4.21. The van der Waals surface area contributed by atoms with Crippen LogP contribution in [0.3, 0.4) is 0 Å². The van der Waals surface area contributed by atoms with Gasteiger partial charge in [0, 0.05) is 36.0 Å². The number of carbonyl (C=O) groups excluding carboxylic acids is 1. The van der Waals surface area contributed by atoms with Crippen molar-refractivity contribution in [1.29, 1.82) is 0 Å². The lowest BCUT2D eigenvalue weighted by molar-refractivity contribution is -0.126. The highest BCUT2D eigenvalue weighted by molar-refractivity contribution is 7.90. The van der Waals surface area contributed by atoms with Crippen molar-refractivity contribution in [3.05, 3.63) is 52.2 Å². The highest BCUT2D eigenvalue weighted by Gasteiger charge is 2.34. The smallest absolute Gasteiger partial charge is 0.285 e. The highest BCUT2D eigenvalue weighted by atomic mass is 32.2. The van der Waals surface area contributed by atoms with E-state index in [0.29, 0.717) is 43.9 Å². The van der Waals surface area contributed by atoms with E-state index in [1.165, 1.54) is 17.7 Å². The number of sulfonamides is 1. The van der Waals surface area contributed by atoms with Crippen molar-refractivity contribution in [3.63, 3.8) is 0 Å². The molecule has 3 aliphatic heterocycles. The molecule has 2 fully saturated rings. The molecule has 1 aromatic carbocycles. The monoisotopic (exact) mass is 472 g/mol. The summed E-state index contributed by atoms with van der Waals surface area (Å²) in [6.45, 7) is 4.06. The number of piperidine rings is 1. The minimum absolute atomic E-state index is 0.0531. The van der Waals surface area contributed by atoms with Gasteiger partial charge in [-0.25, -0.2) is 0 Å².